The molecule has 1 aliphatic rings. The van der Waals surface area contributed by atoms with E-state index < -0.39 is 0 Å². The molecule has 3 heterocycles. The summed E-state index contributed by atoms with van der Waals surface area (Å²) in [6.07, 6.45) is 0.0156. The van der Waals surface area contributed by atoms with Gasteiger partial charge in [-0.15, -0.1) is 20.4 Å². The third-order valence-electron chi connectivity index (χ3n) is 3.76. The van der Waals surface area contributed by atoms with Crippen molar-refractivity contribution >= 4 is 21.7 Å². The summed E-state index contributed by atoms with van der Waals surface area (Å²) in [6, 6.07) is 8.02. The Bertz CT molecular complexity index is 896. The van der Waals surface area contributed by atoms with Crippen LogP contribution in [-0.2, 0) is 0 Å². The van der Waals surface area contributed by atoms with E-state index in [-0.39, 0.29) is 11.9 Å². The van der Waals surface area contributed by atoms with Gasteiger partial charge in [-0.25, -0.2) is 4.39 Å². The largest absolute Gasteiger partial charge is 0.486 e. The van der Waals surface area contributed by atoms with E-state index in [9.17, 15) is 4.39 Å². The quantitative estimate of drug-likeness (QED) is 0.659. The van der Waals surface area contributed by atoms with Crippen LogP contribution >= 0.6 is 15.9 Å². The van der Waals surface area contributed by atoms with Gasteiger partial charge in [0, 0.05) is 6.92 Å². The molecule has 3 aromatic rings. The molecular formula is C16H13BrFN5O2. The number of rotatable bonds is 4. The summed E-state index contributed by atoms with van der Waals surface area (Å²) in [5.41, 5.74) is 0.535. The van der Waals surface area contributed by atoms with Crippen LogP contribution in [0.25, 0.3) is 11.6 Å². The van der Waals surface area contributed by atoms with Crippen molar-refractivity contribution in [1.29, 1.82) is 0 Å². The fraction of sp³-hybridized carbons (Fsp3) is 0.250. The number of ether oxygens (including phenoxy) is 1. The second-order valence-electron chi connectivity index (χ2n) is 5.62. The van der Waals surface area contributed by atoms with Gasteiger partial charge < -0.3 is 14.1 Å². The fourth-order valence-corrected chi connectivity index (χ4v) is 2.90. The maximum atomic E-state index is 13.1. The molecule has 25 heavy (non-hydrogen) atoms. The lowest BCUT2D eigenvalue weighted by atomic mass is 10.1. The third-order valence-corrected chi connectivity index (χ3v) is 4.37. The molecule has 128 valence electrons. The Kier molecular flexibility index (Phi) is 4.08. The lowest BCUT2D eigenvalue weighted by Crippen LogP contribution is -2.54. The van der Waals surface area contributed by atoms with E-state index in [4.69, 9.17) is 9.15 Å². The first kappa shape index (κ1) is 15.9. The fourth-order valence-electron chi connectivity index (χ4n) is 2.46. The van der Waals surface area contributed by atoms with Gasteiger partial charge in [0.15, 0.2) is 5.82 Å². The SMILES string of the molecule is Cc1nnc(-c2ccc(N3CC(Oc4ccc(F)cc4Br)C3)nn2)o1. The maximum absolute atomic E-state index is 13.1. The first-order chi connectivity index (χ1) is 12.1. The molecule has 1 fully saturated rings. The molecule has 0 unspecified atom stereocenters. The molecule has 4 rings (SSSR count). The van der Waals surface area contributed by atoms with Gasteiger partial charge in [0.25, 0.3) is 5.89 Å². The van der Waals surface area contributed by atoms with E-state index in [0.717, 1.165) is 5.82 Å². The van der Waals surface area contributed by atoms with E-state index >= 15 is 0 Å². The second kappa shape index (κ2) is 6.40. The van der Waals surface area contributed by atoms with E-state index in [1.54, 1.807) is 19.1 Å². The first-order valence-electron chi connectivity index (χ1n) is 7.59. The van der Waals surface area contributed by atoms with Gasteiger partial charge in [-0.2, -0.15) is 0 Å². The number of benzene rings is 1. The van der Waals surface area contributed by atoms with Crippen LogP contribution in [0, 0.1) is 12.7 Å². The van der Waals surface area contributed by atoms with Crippen LogP contribution in [0.4, 0.5) is 10.2 Å². The Labute approximate surface area is 151 Å². The summed E-state index contributed by atoms with van der Waals surface area (Å²) in [4.78, 5) is 2.04. The monoisotopic (exact) mass is 405 g/mol. The van der Waals surface area contributed by atoms with Crippen molar-refractivity contribution in [1.82, 2.24) is 20.4 Å². The highest BCUT2D eigenvalue weighted by molar-refractivity contribution is 9.10. The van der Waals surface area contributed by atoms with Crippen molar-refractivity contribution in [3.63, 3.8) is 0 Å². The molecule has 1 saturated heterocycles. The first-order valence-corrected chi connectivity index (χ1v) is 8.38. The number of nitrogens with zero attached hydrogens (tertiary/aromatic N) is 5. The molecule has 9 heteroatoms. The zero-order valence-corrected chi connectivity index (χ0v) is 14.8. The van der Waals surface area contributed by atoms with Gasteiger partial charge in [0.1, 0.15) is 23.4 Å². The highest BCUT2D eigenvalue weighted by Gasteiger charge is 2.30. The maximum Gasteiger partial charge on any atom is 0.268 e. The summed E-state index contributed by atoms with van der Waals surface area (Å²) in [7, 11) is 0. The Balaban J connectivity index is 1.37. The standard InChI is InChI=1S/C16H13BrFN5O2/c1-9-19-22-16(24-9)13-3-5-15(21-20-13)23-7-11(8-23)25-14-4-2-10(18)6-12(14)17/h2-6,11H,7-8H2,1H3. The van der Waals surface area contributed by atoms with Gasteiger partial charge in [0.05, 0.1) is 17.6 Å². The number of aryl methyl sites for hydroxylation is 1. The average molecular weight is 406 g/mol. The van der Waals surface area contributed by atoms with Gasteiger partial charge in [-0.05, 0) is 46.3 Å². The number of aromatic nitrogens is 4. The minimum Gasteiger partial charge on any atom is -0.486 e. The summed E-state index contributed by atoms with van der Waals surface area (Å²) < 4.78 is 24.9. The Hall–Kier alpha value is -2.55. The van der Waals surface area contributed by atoms with Crippen LogP contribution in [0.15, 0.2) is 39.2 Å². The van der Waals surface area contributed by atoms with Crippen molar-refractivity contribution in [2.75, 3.05) is 18.0 Å². The summed E-state index contributed by atoms with van der Waals surface area (Å²) >= 11 is 3.30. The van der Waals surface area contributed by atoms with Crippen molar-refractivity contribution < 1.29 is 13.5 Å². The lowest BCUT2D eigenvalue weighted by Gasteiger charge is -2.39. The number of hydrogen-bond acceptors (Lipinski definition) is 7. The predicted octanol–water partition coefficient (Wildman–Crippen LogP) is 3.00. The summed E-state index contributed by atoms with van der Waals surface area (Å²) in [5, 5.41) is 16.0. The van der Waals surface area contributed by atoms with Crippen molar-refractivity contribution in [3.8, 4) is 17.3 Å². The lowest BCUT2D eigenvalue weighted by molar-refractivity contribution is 0.165. The van der Waals surface area contributed by atoms with Gasteiger partial charge in [-0.1, -0.05) is 0 Å². The van der Waals surface area contributed by atoms with Gasteiger partial charge in [-0.3, -0.25) is 0 Å². The summed E-state index contributed by atoms with van der Waals surface area (Å²) in [6.45, 7) is 3.08. The van der Waals surface area contributed by atoms with Crippen LogP contribution in [0.3, 0.4) is 0 Å². The molecule has 2 aromatic heterocycles. The van der Waals surface area contributed by atoms with Crippen LogP contribution in [0.5, 0.6) is 5.75 Å². The Morgan fingerprint density at radius 1 is 1.16 bits per heavy atom. The third kappa shape index (κ3) is 3.32. The smallest absolute Gasteiger partial charge is 0.268 e. The molecule has 0 saturated carbocycles. The molecule has 0 radical (unpaired) electrons. The average Bonchev–Trinajstić information content (AvgIpc) is 2.99. The number of hydrogen-bond donors (Lipinski definition) is 0. The number of halogens is 2. The predicted molar refractivity (Wildman–Crippen MR) is 90.8 cm³/mol. The topological polar surface area (TPSA) is 77.2 Å². The molecule has 0 atom stereocenters. The summed E-state index contributed by atoms with van der Waals surface area (Å²) in [5.74, 6) is 1.90. The van der Waals surface area contributed by atoms with Crippen LogP contribution in [-0.4, -0.2) is 39.6 Å². The molecular weight excluding hydrogens is 393 g/mol. The van der Waals surface area contributed by atoms with Crippen LogP contribution < -0.4 is 9.64 Å². The van der Waals surface area contributed by atoms with Crippen molar-refractivity contribution in [2.45, 2.75) is 13.0 Å². The Morgan fingerprint density at radius 2 is 2.00 bits per heavy atom. The molecule has 0 bridgehead atoms. The minimum atomic E-state index is -0.304. The zero-order chi connectivity index (χ0) is 17.4. The molecule has 1 aromatic carbocycles. The van der Waals surface area contributed by atoms with E-state index in [1.807, 2.05) is 11.0 Å². The second-order valence-corrected chi connectivity index (χ2v) is 6.48. The Morgan fingerprint density at radius 3 is 2.64 bits per heavy atom. The van der Waals surface area contributed by atoms with Gasteiger partial charge in [0.2, 0.25) is 5.89 Å². The molecule has 0 amide bonds. The van der Waals surface area contributed by atoms with E-state index in [0.29, 0.717) is 40.8 Å². The molecule has 7 nitrogen and oxygen atoms in total. The van der Waals surface area contributed by atoms with Crippen molar-refractivity contribution in [2.24, 2.45) is 0 Å². The normalized spacial score (nSPS) is 14.4. The van der Waals surface area contributed by atoms with Crippen molar-refractivity contribution in [3.05, 3.63) is 46.5 Å². The molecule has 0 spiro atoms. The minimum absolute atomic E-state index is 0.0156. The highest BCUT2D eigenvalue weighted by Crippen LogP contribution is 2.29. The van der Waals surface area contributed by atoms with E-state index in [1.165, 1.54) is 12.1 Å². The highest BCUT2D eigenvalue weighted by atomic mass is 79.9. The number of anilines is 1. The zero-order valence-electron chi connectivity index (χ0n) is 13.2. The van der Waals surface area contributed by atoms with E-state index in [2.05, 4.69) is 36.3 Å². The molecule has 1 aliphatic heterocycles. The molecule has 0 N–H and O–H groups in total. The van der Waals surface area contributed by atoms with Crippen LogP contribution in [0.2, 0.25) is 0 Å². The van der Waals surface area contributed by atoms with Gasteiger partial charge >= 0.3 is 0 Å². The molecule has 0 aliphatic carbocycles. The van der Waals surface area contributed by atoms with Crippen LogP contribution in [0.1, 0.15) is 5.89 Å².